The van der Waals surface area contributed by atoms with E-state index in [2.05, 4.69) is 37.4 Å². The Bertz CT molecular complexity index is 606. The van der Waals surface area contributed by atoms with Crippen LogP contribution in [0.3, 0.4) is 0 Å². The zero-order chi connectivity index (χ0) is 14.7. The predicted octanol–water partition coefficient (Wildman–Crippen LogP) is 5.47. The van der Waals surface area contributed by atoms with E-state index >= 15 is 0 Å². The first kappa shape index (κ1) is 15.4. The van der Waals surface area contributed by atoms with Crippen LogP contribution in [0.1, 0.15) is 25.0 Å². The zero-order valence-corrected chi connectivity index (χ0v) is 13.5. The second-order valence-corrected chi connectivity index (χ2v) is 6.13. The largest absolute Gasteiger partial charge is 0.310 e. The molecule has 0 aliphatic rings. The minimum Gasteiger partial charge on any atom is -0.310 e. The van der Waals surface area contributed by atoms with E-state index < -0.39 is 0 Å². The molecule has 2 aromatic rings. The normalized spacial score (nSPS) is 11.1. The highest BCUT2D eigenvalue weighted by atomic mass is 35.5. The van der Waals surface area contributed by atoms with Crippen molar-refractivity contribution in [1.82, 2.24) is 5.32 Å². The van der Waals surface area contributed by atoms with E-state index in [9.17, 15) is 0 Å². The number of aryl methyl sites for hydroxylation is 1. The van der Waals surface area contributed by atoms with E-state index in [-0.39, 0.29) is 0 Å². The molecule has 3 heteroatoms. The summed E-state index contributed by atoms with van der Waals surface area (Å²) in [6, 6.07) is 12.7. The Morgan fingerprint density at radius 2 is 1.75 bits per heavy atom. The summed E-state index contributed by atoms with van der Waals surface area (Å²) in [5, 5.41) is 4.91. The number of benzene rings is 2. The molecule has 0 saturated carbocycles. The molecule has 0 aromatic heterocycles. The van der Waals surface area contributed by atoms with Gasteiger partial charge < -0.3 is 5.32 Å². The van der Waals surface area contributed by atoms with Crippen molar-refractivity contribution in [1.29, 1.82) is 0 Å². The molecule has 0 aliphatic carbocycles. The van der Waals surface area contributed by atoms with Gasteiger partial charge in [0.25, 0.3) is 0 Å². The average Bonchev–Trinajstić information content (AvgIpc) is 2.40. The van der Waals surface area contributed by atoms with Crippen LogP contribution in [0.5, 0.6) is 0 Å². The van der Waals surface area contributed by atoms with Crippen LogP contribution in [0.2, 0.25) is 10.0 Å². The first-order valence-corrected chi connectivity index (χ1v) is 7.51. The van der Waals surface area contributed by atoms with Gasteiger partial charge in [0.1, 0.15) is 0 Å². The van der Waals surface area contributed by atoms with Gasteiger partial charge in [0.2, 0.25) is 0 Å². The molecule has 1 nitrogen and oxygen atoms in total. The van der Waals surface area contributed by atoms with Crippen LogP contribution in [0.15, 0.2) is 36.4 Å². The van der Waals surface area contributed by atoms with Crippen LogP contribution in [0.4, 0.5) is 0 Å². The Labute approximate surface area is 130 Å². The second-order valence-electron chi connectivity index (χ2n) is 5.31. The van der Waals surface area contributed by atoms with E-state index in [4.69, 9.17) is 23.2 Å². The van der Waals surface area contributed by atoms with Gasteiger partial charge in [-0.05, 0) is 35.7 Å². The number of hydrogen-bond donors (Lipinski definition) is 1. The predicted molar refractivity (Wildman–Crippen MR) is 88.6 cm³/mol. The summed E-state index contributed by atoms with van der Waals surface area (Å²) >= 11 is 12.6. The van der Waals surface area contributed by atoms with E-state index in [1.54, 1.807) is 0 Å². The molecule has 20 heavy (non-hydrogen) atoms. The van der Waals surface area contributed by atoms with E-state index in [0.717, 1.165) is 33.3 Å². The maximum Gasteiger partial charge on any atom is 0.0487 e. The van der Waals surface area contributed by atoms with Crippen LogP contribution >= 0.6 is 23.2 Å². The van der Waals surface area contributed by atoms with Gasteiger partial charge >= 0.3 is 0 Å². The van der Waals surface area contributed by atoms with Crippen molar-refractivity contribution in [3.8, 4) is 11.1 Å². The molecule has 0 radical (unpaired) electrons. The van der Waals surface area contributed by atoms with Crippen molar-refractivity contribution < 1.29 is 0 Å². The topological polar surface area (TPSA) is 12.0 Å². The molecule has 0 fully saturated rings. The summed E-state index contributed by atoms with van der Waals surface area (Å²) in [4.78, 5) is 0. The van der Waals surface area contributed by atoms with Gasteiger partial charge in [-0.1, -0.05) is 61.3 Å². The number of rotatable bonds is 4. The zero-order valence-electron chi connectivity index (χ0n) is 12.0. The van der Waals surface area contributed by atoms with Gasteiger partial charge in [-0.15, -0.1) is 0 Å². The van der Waals surface area contributed by atoms with Gasteiger partial charge in [0.15, 0.2) is 0 Å². The van der Waals surface area contributed by atoms with Crippen molar-refractivity contribution in [2.24, 2.45) is 0 Å². The highest BCUT2D eigenvalue weighted by Gasteiger charge is 2.07. The van der Waals surface area contributed by atoms with E-state index in [1.165, 1.54) is 5.56 Å². The molecule has 0 saturated heterocycles. The van der Waals surface area contributed by atoms with E-state index in [0.29, 0.717) is 6.04 Å². The quantitative estimate of drug-likeness (QED) is 0.790. The number of nitrogens with one attached hydrogen (secondary N) is 1. The van der Waals surface area contributed by atoms with Crippen molar-refractivity contribution in [2.75, 3.05) is 0 Å². The van der Waals surface area contributed by atoms with Crippen molar-refractivity contribution in [2.45, 2.75) is 33.4 Å². The third kappa shape index (κ3) is 3.76. The SMILES string of the molecule is Cc1ccc(-c2ccc(CNC(C)C)cc2Cl)cc1Cl. The first-order valence-electron chi connectivity index (χ1n) is 6.75. The van der Waals surface area contributed by atoms with Crippen LogP contribution in [0.25, 0.3) is 11.1 Å². The highest BCUT2D eigenvalue weighted by Crippen LogP contribution is 2.31. The lowest BCUT2D eigenvalue weighted by molar-refractivity contribution is 0.589. The van der Waals surface area contributed by atoms with Gasteiger partial charge in [-0.2, -0.15) is 0 Å². The first-order chi connectivity index (χ1) is 9.47. The summed E-state index contributed by atoms with van der Waals surface area (Å²) in [5.74, 6) is 0. The average molecular weight is 308 g/mol. The molecule has 0 aliphatic heterocycles. The fourth-order valence-electron chi connectivity index (χ4n) is 1.99. The Morgan fingerprint density at radius 3 is 2.35 bits per heavy atom. The number of halogens is 2. The Balaban J connectivity index is 2.27. The van der Waals surface area contributed by atoms with Crippen molar-refractivity contribution in [3.05, 3.63) is 57.6 Å². The molecular weight excluding hydrogens is 289 g/mol. The summed E-state index contributed by atoms with van der Waals surface area (Å²) in [6.45, 7) is 7.08. The van der Waals surface area contributed by atoms with Crippen LogP contribution < -0.4 is 5.32 Å². The highest BCUT2D eigenvalue weighted by molar-refractivity contribution is 6.34. The Kier molecular flexibility index (Phi) is 5.09. The summed E-state index contributed by atoms with van der Waals surface area (Å²) in [6.07, 6.45) is 0. The fraction of sp³-hybridized carbons (Fsp3) is 0.294. The monoisotopic (exact) mass is 307 g/mol. The van der Waals surface area contributed by atoms with Gasteiger partial charge in [0.05, 0.1) is 0 Å². The molecule has 1 N–H and O–H groups in total. The lowest BCUT2D eigenvalue weighted by Crippen LogP contribution is -2.21. The molecule has 0 amide bonds. The van der Waals surface area contributed by atoms with Crippen LogP contribution in [0, 0.1) is 6.92 Å². The summed E-state index contributed by atoms with van der Waals surface area (Å²) < 4.78 is 0. The minimum absolute atomic E-state index is 0.462. The molecule has 0 atom stereocenters. The van der Waals surface area contributed by atoms with Gasteiger partial charge in [-0.25, -0.2) is 0 Å². The molecule has 0 bridgehead atoms. The van der Waals surface area contributed by atoms with Crippen molar-refractivity contribution in [3.63, 3.8) is 0 Å². The van der Waals surface area contributed by atoms with E-state index in [1.807, 2.05) is 25.1 Å². The molecule has 106 valence electrons. The van der Waals surface area contributed by atoms with Crippen molar-refractivity contribution >= 4 is 23.2 Å². The minimum atomic E-state index is 0.462. The smallest absolute Gasteiger partial charge is 0.0487 e. The van der Waals surface area contributed by atoms with Gasteiger partial charge in [0, 0.05) is 28.2 Å². The number of hydrogen-bond acceptors (Lipinski definition) is 1. The van der Waals surface area contributed by atoms with Crippen LogP contribution in [-0.2, 0) is 6.54 Å². The molecule has 0 heterocycles. The maximum absolute atomic E-state index is 6.40. The standard InChI is InChI=1S/C17H19Cl2N/c1-11(2)20-10-13-5-7-15(17(19)8-13)14-6-4-12(3)16(18)9-14/h4-9,11,20H,10H2,1-3H3. The third-order valence-corrected chi connectivity index (χ3v) is 3.95. The molecular formula is C17H19Cl2N. The van der Waals surface area contributed by atoms with Crippen LogP contribution in [-0.4, -0.2) is 6.04 Å². The lowest BCUT2D eigenvalue weighted by atomic mass is 10.0. The third-order valence-electron chi connectivity index (χ3n) is 3.23. The maximum atomic E-state index is 6.40. The molecule has 0 spiro atoms. The molecule has 0 unspecified atom stereocenters. The Morgan fingerprint density at radius 1 is 1.00 bits per heavy atom. The molecule has 2 aromatic carbocycles. The summed E-state index contributed by atoms with van der Waals surface area (Å²) in [5.41, 5.74) is 4.32. The molecule has 2 rings (SSSR count). The van der Waals surface area contributed by atoms with Gasteiger partial charge in [-0.3, -0.25) is 0 Å². The summed E-state index contributed by atoms with van der Waals surface area (Å²) in [7, 11) is 0. The Hall–Kier alpha value is -1.02. The second kappa shape index (κ2) is 6.62. The fourth-order valence-corrected chi connectivity index (χ4v) is 2.48. The lowest BCUT2D eigenvalue weighted by Gasteiger charge is -2.11.